The van der Waals surface area contributed by atoms with E-state index in [1.165, 1.54) is 0 Å². The summed E-state index contributed by atoms with van der Waals surface area (Å²) >= 11 is 0. The van der Waals surface area contributed by atoms with Crippen molar-refractivity contribution >= 4 is 0 Å². The summed E-state index contributed by atoms with van der Waals surface area (Å²) in [6, 6.07) is 9.70. The number of hydrogen-bond acceptors (Lipinski definition) is 3. The third-order valence-corrected chi connectivity index (χ3v) is 3.64. The van der Waals surface area contributed by atoms with Gasteiger partial charge in [0.25, 0.3) is 0 Å². The quantitative estimate of drug-likeness (QED) is 0.917. The molecule has 0 fully saturated rings. The van der Waals surface area contributed by atoms with Crippen LogP contribution in [0, 0.1) is 17.2 Å². The van der Waals surface area contributed by atoms with Crippen LogP contribution in [0.4, 0.5) is 0 Å². The molecular weight excluding hydrogens is 262 g/mol. The van der Waals surface area contributed by atoms with Gasteiger partial charge >= 0.3 is 0 Å². The van der Waals surface area contributed by atoms with Crippen LogP contribution >= 0.6 is 0 Å². The van der Waals surface area contributed by atoms with Crippen molar-refractivity contribution in [3.05, 3.63) is 53.3 Å². The topological polar surface area (TPSA) is 64.0 Å². The van der Waals surface area contributed by atoms with Gasteiger partial charge < -0.3 is 15.0 Å². The molecule has 0 aliphatic carbocycles. The molecule has 0 spiro atoms. The summed E-state index contributed by atoms with van der Waals surface area (Å²) in [7, 11) is 1.64. The van der Waals surface area contributed by atoms with Gasteiger partial charge in [-0.25, -0.2) is 0 Å². The zero-order valence-electron chi connectivity index (χ0n) is 12.7. The number of nitrogens with two attached hydrogens (primary N) is 1. The van der Waals surface area contributed by atoms with Gasteiger partial charge in [0.2, 0.25) is 0 Å². The summed E-state index contributed by atoms with van der Waals surface area (Å²) in [5, 5.41) is 9.02. The van der Waals surface area contributed by atoms with Crippen LogP contribution in [0.25, 0.3) is 0 Å². The molecule has 1 heterocycles. The number of rotatable bonds is 5. The summed E-state index contributed by atoms with van der Waals surface area (Å²) < 4.78 is 7.43. The van der Waals surface area contributed by atoms with Crippen molar-refractivity contribution in [2.75, 3.05) is 7.11 Å². The smallest absolute Gasteiger partial charge is 0.123 e. The van der Waals surface area contributed by atoms with E-state index in [4.69, 9.17) is 15.7 Å². The van der Waals surface area contributed by atoms with Crippen LogP contribution in [-0.4, -0.2) is 11.7 Å². The number of benzene rings is 1. The summed E-state index contributed by atoms with van der Waals surface area (Å²) in [6.45, 7) is 4.88. The van der Waals surface area contributed by atoms with E-state index in [1.807, 2.05) is 24.4 Å². The molecular formula is C17H21N3O. The lowest BCUT2D eigenvalue weighted by atomic mass is 10.00. The van der Waals surface area contributed by atoms with Crippen LogP contribution in [0.5, 0.6) is 5.75 Å². The second kappa shape index (κ2) is 6.47. The molecule has 0 saturated carbocycles. The first-order valence-electron chi connectivity index (χ1n) is 7.03. The maximum Gasteiger partial charge on any atom is 0.123 e. The van der Waals surface area contributed by atoms with Gasteiger partial charge in [0.05, 0.1) is 25.3 Å². The summed E-state index contributed by atoms with van der Waals surface area (Å²) in [4.78, 5) is 0. The third kappa shape index (κ3) is 3.45. The Labute approximate surface area is 125 Å². The largest absolute Gasteiger partial charge is 0.496 e. The lowest BCUT2D eigenvalue weighted by Gasteiger charge is -2.14. The van der Waals surface area contributed by atoms with Crippen molar-refractivity contribution in [2.24, 2.45) is 11.7 Å². The van der Waals surface area contributed by atoms with E-state index < -0.39 is 0 Å². The van der Waals surface area contributed by atoms with Gasteiger partial charge in [0, 0.05) is 24.0 Å². The first kappa shape index (κ1) is 15.1. The zero-order valence-corrected chi connectivity index (χ0v) is 12.7. The average molecular weight is 283 g/mol. The van der Waals surface area contributed by atoms with Gasteiger partial charge in [-0.3, -0.25) is 0 Å². The fourth-order valence-corrected chi connectivity index (χ4v) is 2.31. The Morgan fingerprint density at radius 2 is 2.10 bits per heavy atom. The molecule has 0 saturated heterocycles. The van der Waals surface area contributed by atoms with E-state index in [2.05, 4.69) is 30.7 Å². The number of nitriles is 1. The second-order valence-electron chi connectivity index (χ2n) is 5.53. The van der Waals surface area contributed by atoms with Crippen molar-refractivity contribution in [1.29, 1.82) is 5.26 Å². The normalized spacial score (nSPS) is 12.2. The zero-order chi connectivity index (χ0) is 15.4. The fraction of sp³-hybridized carbons (Fsp3) is 0.353. The molecule has 2 N–H and O–H groups in total. The molecule has 1 aromatic carbocycles. The molecule has 1 aromatic heterocycles. The highest BCUT2D eigenvalue weighted by Gasteiger charge is 2.12. The Kier molecular flexibility index (Phi) is 4.66. The van der Waals surface area contributed by atoms with Crippen LogP contribution in [0.3, 0.4) is 0 Å². The van der Waals surface area contributed by atoms with Crippen molar-refractivity contribution in [1.82, 2.24) is 4.57 Å². The van der Waals surface area contributed by atoms with E-state index in [-0.39, 0.29) is 6.04 Å². The van der Waals surface area contributed by atoms with E-state index in [9.17, 15) is 0 Å². The van der Waals surface area contributed by atoms with Gasteiger partial charge in [-0.1, -0.05) is 13.8 Å². The lowest BCUT2D eigenvalue weighted by molar-refractivity contribution is 0.408. The Balaban J connectivity index is 2.24. The highest BCUT2D eigenvalue weighted by Crippen LogP contribution is 2.23. The third-order valence-electron chi connectivity index (χ3n) is 3.64. The minimum absolute atomic E-state index is 0.0404. The molecule has 0 aliphatic heterocycles. The van der Waals surface area contributed by atoms with Gasteiger partial charge in [0.1, 0.15) is 5.75 Å². The highest BCUT2D eigenvalue weighted by atomic mass is 16.5. The number of nitrogens with zero attached hydrogens (tertiary/aromatic N) is 2. The van der Waals surface area contributed by atoms with Crippen molar-refractivity contribution in [3.63, 3.8) is 0 Å². The van der Waals surface area contributed by atoms with Crippen molar-refractivity contribution < 1.29 is 4.74 Å². The maximum atomic E-state index is 9.02. The minimum Gasteiger partial charge on any atom is -0.496 e. The maximum absolute atomic E-state index is 9.02. The summed E-state index contributed by atoms with van der Waals surface area (Å²) in [5.74, 6) is 1.19. The summed E-state index contributed by atoms with van der Waals surface area (Å²) in [6.07, 6.45) is 4.07. The minimum atomic E-state index is 0.0404. The molecule has 0 amide bonds. The van der Waals surface area contributed by atoms with Crippen LogP contribution in [0.1, 0.15) is 36.6 Å². The Hall–Kier alpha value is -2.25. The van der Waals surface area contributed by atoms with E-state index in [0.29, 0.717) is 18.0 Å². The van der Waals surface area contributed by atoms with Gasteiger partial charge in [-0.2, -0.15) is 5.26 Å². The molecule has 4 heteroatoms. The molecule has 0 radical (unpaired) electrons. The molecule has 21 heavy (non-hydrogen) atoms. The monoisotopic (exact) mass is 283 g/mol. The molecule has 4 nitrogen and oxygen atoms in total. The van der Waals surface area contributed by atoms with Gasteiger partial charge in [-0.15, -0.1) is 0 Å². The lowest BCUT2D eigenvalue weighted by Crippen LogP contribution is -2.15. The number of methoxy groups -OCH3 is 1. The Morgan fingerprint density at radius 3 is 2.71 bits per heavy atom. The van der Waals surface area contributed by atoms with Crippen molar-refractivity contribution in [2.45, 2.75) is 26.4 Å². The first-order chi connectivity index (χ1) is 10.0. The predicted molar refractivity (Wildman–Crippen MR) is 83.0 cm³/mol. The number of aromatic nitrogens is 1. The number of ether oxygens (including phenoxy) is 1. The SMILES string of the molecule is COc1ccc(C#N)cc1Cn1ccc(C(N)C(C)C)c1. The number of hydrogen-bond donors (Lipinski definition) is 1. The van der Waals surface area contributed by atoms with Crippen LogP contribution in [0.15, 0.2) is 36.7 Å². The second-order valence-corrected chi connectivity index (χ2v) is 5.53. The molecule has 1 atom stereocenters. The Bertz CT molecular complexity index is 652. The molecule has 1 unspecified atom stereocenters. The first-order valence-corrected chi connectivity index (χ1v) is 7.03. The molecule has 2 aromatic rings. The molecule has 0 aliphatic rings. The highest BCUT2D eigenvalue weighted by molar-refractivity contribution is 5.42. The molecule has 2 rings (SSSR count). The van der Waals surface area contributed by atoms with Gasteiger partial charge in [-0.05, 0) is 35.7 Å². The van der Waals surface area contributed by atoms with E-state index in [0.717, 1.165) is 16.9 Å². The van der Waals surface area contributed by atoms with Crippen LogP contribution in [-0.2, 0) is 6.54 Å². The average Bonchev–Trinajstić information content (AvgIpc) is 2.94. The van der Waals surface area contributed by atoms with Crippen molar-refractivity contribution in [3.8, 4) is 11.8 Å². The van der Waals surface area contributed by atoms with Gasteiger partial charge in [0.15, 0.2) is 0 Å². The standard InChI is InChI=1S/C17H21N3O/c1-12(2)17(19)14-6-7-20(10-14)11-15-8-13(9-18)4-5-16(15)21-3/h4-8,10,12,17H,11,19H2,1-3H3. The predicted octanol–water partition coefficient (Wildman–Crippen LogP) is 3.07. The fourth-order valence-electron chi connectivity index (χ4n) is 2.31. The van der Waals surface area contributed by atoms with Crippen LogP contribution < -0.4 is 10.5 Å². The summed E-state index contributed by atoms with van der Waals surface area (Å²) in [5.41, 5.74) is 8.91. The Morgan fingerprint density at radius 1 is 1.33 bits per heavy atom. The molecule has 0 bridgehead atoms. The van der Waals surface area contributed by atoms with E-state index >= 15 is 0 Å². The van der Waals surface area contributed by atoms with E-state index in [1.54, 1.807) is 13.2 Å². The van der Waals surface area contributed by atoms with Crippen LogP contribution in [0.2, 0.25) is 0 Å². The molecule has 110 valence electrons.